The Kier molecular flexibility index (Phi) is 4.01. The molecule has 0 saturated carbocycles. The molecule has 3 aliphatic heterocycles. The van der Waals surface area contributed by atoms with E-state index in [1.807, 2.05) is 41.0 Å². The number of hydrogen-bond donors (Lipinski definition) is 0. The van der Waals surface area contributed by atoms with Crippen LogP contribution in [-0.4, -0.2) is 84.6 Å². The minimum atomic E-state index is -0.634. The van der Waals surface area contributed by atoms with Gasteiger partial charge in [-0.3, -0.25) is 14.5 Å². The van der Waals surface area contributed by atoms with Gasteiger partial charge in [0.15, 0.2) is 12.2 Å². The number of ether oxygens (including phenoxy) is 1. The fourth-order valence-electron chi connectivity index (χ4n) is 3.75. The van der Waals surface area contributed by atoms with Gasteiger partial charge in [0.2, 0.25) is 5.96 Å². The summed E-state index contributed by atoms with van der Waals surface area (Å²) >= 11 is 0. The van der Waals surface area contributed by atoms with E-state index in [1.165, 1.54) is 12.0 Å². The highest BCUT2D eigenvalue weighted by Gasteiger charge is 2.54. The molecule has 0 spiro atoms. The van der Waals surface area contributed by atoms with Crippen LogP contribution in [0.5, 0.6) is 0 Å². The molecular weight excluding hydrogens is 350 g/mol. The second-order valence-corrected chi connectivity index (χ2v) is 6.86. The zero-order valence-electron chi connectivity index (χ0n) is 15.5. The van der Waals surface area contributed by atoms with Crippen molar-refractivity contribution >= 4 is 29.6 Å². The third-order valence-electron chi connectivity index (χ3n) is 5.24. The highest BCUT2D eigenvalue weighted by atomic mass is 16.5. The summed E-state index contributed by atoms with van der Waals surface area (Å²) in [4.78, 5) is 48.2. The van der Waals surface area contributed by atoms with Gasteiger partial charge in [-0.05, 0) is 19.1 Å². The molecule has 3 aliphatic rings. The summed E-state index contributed by atoms with van der Waals surface area (Å²) in [5.41, 5.74) is 2.16. The van der Waals surface area contributed by atoms with Crippen LogP contribution in [0, 0.1) is 6.92 Å². The minimum Gasteiger partial charge on any atom is -0.468 e. The highest BCUT2D eigenvalue weighted by molar-refractivity contribution is 6.08. The maximum Gasteiger partial charge on any atom is 0.328 e. The SMILES string of the molecule is COC(=O)CN1C(=O)C2C(N=C3N(c4ccc(C)cc4)CCN32)N(C)C1=O. The van der Waals surface area contributed by atoms with E-state index in [9.17, 15) is 14.4 Å². The van der Waals surface area contributed by atoms with E-state index < -0.39 is 36.7 Å². The van der Waals surface area contributed by atoms with Gasteiger partial charge in [-0.25, -0.2) is 9.79 Å². The fourth-order valence-corrected chi connectivity index (χ4v) is 3.75. The maximum atomic E-state index is 13.0. The number of anilines is 1. The number of carbonyl (C=O) groups excluding carboxylic acids is 3. The fraction of sp³-hybridized carbons (Fsp3) is 0.444. The van der Waals surface area contributed by atoms with Crippen LogP contribution in [0.1, 0.15) is 5.56 Å². The van der Waals surface area contributed by atoms with Gasteiger partial charge in [0.05, 0.1) is 7.11 Å². The molecule has 9 nitrogen and oxygen atoms in total. The van der Waals surface area contributed by atoms with Gasteiger partial charge in [0.1, 0.15) is 6.54 Å². The van der Waals surface area contributed by atoms with Gasteiger partial charge in [-0.1, -0.05) is 17.7 Å². The number of carbonyl (C=O) groups is 3. The monoisotopic (exact) mass is 371 g/mol. The van der Waals surface area contributed by atoms with E-state index in [2.05, 4.69) is 9.73 Å². The van der Waals surface area contributed by atoms with Gasteiger partial charge in [0, 0.05) is 25.8 Å². The predicted octanol–water partition coefficient (Wildman–Crippen LogP) is 0.248. The molecule has 0 aromatic heterocycles. The Morgan fingerprint density at radius 2 is 1.93 bits per heavy atom. The number of urea groups is 1. The van der Waals surface area contributed by atoms with Crippen molar-refractivity contribution in [1.82, 2.24) is 14.7 Å². The molecule has 2 atom stereocenters. The van der Waals surface area contributed by atoms with Gasteiger partial charge < -0.3 is 19.4 Å². The van der Waals surface area contributed by atoms with Crippen LogP contribution in [0.25, 0.3) is 0 Å². The number of nitrogens with zero attached hydrogens (tertiary/aromatic N) is 5. The van der Waals surface area contributed by atoms with Crippen molar-refractivity contribution < 1.29 is 19.1 Å². The molecule has 2 fully saturated rings. The smallest absolute Gasteiger partial charge is 0.328 e. The average molecular weight is 371 g/mol. The Hall–Kier alpha value is -3.10. The van der Waals surface area contributed by atoms with Crippen molar-refractivity contribution in [2.75, 3.05) is 38.7 Å². The molecule has 4 rings (SSSR count). The molecule has 1 aromatic rings. The number of aliphatic imine (C=N–C) groups is 1. The molecule has 27 heavy (non-hydrogen) atoms. The van der Waals surface area contributed by atoms with Crippen molar-refractivity contribution in [3.05, 3.63) is 29.8 Å². The average Bonchev–Trinajstić information content (AvgIpc) is 3.23. The van der Waals surface area contributed by atoms with Crippen LogP contribution in [0.15, 0.2) is 29.3 Å². The standard InChI is InChI=1S/C18H21N5O4/c1-11-4-6-12(7-5-11)21-8-9-22-14-15(19-17(21)22)20(2)18(26)23(16(14)25)10-13(24)27-3/h4-7,14-15H,8-10H2,1-3H3. The number of imide groups is 1. The Morgan fingerprint density at radius 1 is 1.22 bits per heavy atom. The molecule has 0 aliphatic carbocycles. The summed E-state index contributed by atoms with van der Waals surface area (Å²) < 4.78 is 4.61. The second kappa shape index (κ2) is 6.26. The lowest BCUT2D eigenvalue weighted by Gasteiger charge is -2.40. The van der Waals surface area contributed by atoms with Crippen molar-refractivity contribution in [2.45, 2.75) is 19.1 Å². The zero-order valence-corrected chi connectivity index (χ0v) is 15.5. The molecule has 142 valence electrons. The maximum absolute atomic E-state index is 13.0. The number of benzene rings is 1. The zero-order chi connectivity index (χ0) is 19.3. The second-order valence-electron chi connectivity index (χ2n) is 6.86. The van der Waals surface area contributed by atoms with Gasteiger partial charge in [0.25, 0.3) is 5.91 Å². The molecule has 0 N–H and O–H groups in total. The molecule has 1 aromatic carbocycles. The van der Waals surface area contributed by atoms with Crippen LogP contribution in [0.2, 0.25) is 0 Å². The lowest BCUT2D eigenvalue weighted by atomic mass is 10.1. The van der Waals surface area contributed by atoms with E-state index in [0.717, 1.165) is 16.2 Å². The summed E-state index contributed by atoms with van der Waals surface area (Å²) in [5.74, 6) is -0.370. The predicted molar refractivity (Wildman–Crippen MR) is 97.1 cm³/mol. The summed E-state index contributed by atoms with van der Waals surface area (Å²) in [7, 11) is 2.82. The van der Waals surface area contributed by atoms with E-state index in [-0.39, 0.29) is 0 Å². The summed E-state index contributed by atoms with van der Waals surface area (Å²) in [5, 5.41) is 0. The van der Waals surface area contributed by atoms with Crippen molar-refractivity contribution in [1.29, 1.82) is 0 Å². The first kappa shape index (κ1) is 17.3. The highest BCUT2D eigenvalue weighted by Crippen LogP contribution is 2.33. The Bertz CT molecular complexity index is 837. The summed E-state index contributed by atoms with van der Waals surface area (Å²) in [6.45, 7) is 2.95. The molecular formula is C18H21N5O4. The molecule has 9 heteroatoms. The van der Waals surface area contributed by atoms with Crippen LogP contribution < -0.4 is 4.90 Å². The van der Waals surface area contributed by atoms with Gasteiger partial charge in [-0.15, -0.1) is 0 Å². The Balaban J connectivity index is 1.63. The van der Waals surface area contributed by atoms with Gasteiger partial charge >= 0.3 is 12.0 Å². The first-order valence-electron chi connectivity index (χ1n) is 8.76. The number of rotatable bonds is 3. The summed E-state index contributed by atoms with van der Waals surface area (Å²) in [6.07, 6.45) is -0.595. The first-order valence-corrected chi connectivity index (χ1v) is 8.76. The molecule has 3 amide bonds. The largest absolute Gasteiger partial charge is 0.468 e. The quantitative estimate of drug-likeness (QED) is 0.708. The Labute approximate surface area is 156 Å². The lowest BCUT2D eigenvalue weighted by molar-refractivity contribution is -0.148. The minimum absolute atomic E-state index is 0.396. The van der Waals surface area contributed by atoms with Gasteiger partial charge in [-0.2, -0.15) is 0 Å². The topological polar surface area (TPSA) is 85.8 Å². The number of likely N-dealkylation sites (N-methyl/N-ethyl adjacent to an activating group) is 1. The first-order chi connectivity index (χ1) is 12.9. The van der Waals surface area contributed by atoms with Crippen LogP contribution in [-0.2, 0) is 14.3 Å². The molecule has 3 heterocycles. The number of hydrogen-bond acceptors (Lipinski definition) is 7. The van der Waals surface area contributed by atoms with Crippen LogP contribution >= 0.6 is 0 Å². The van der Waals surface area contributed by atoms with E-state index in [0.29, 0.717) is 19.0 Å². The lowest BCUT2D eigenvalue weighted by Crippen LogP contribution is -2.65. The van der Waals surface area contributed by atoms with Crippen molar-refractivity contribution in [3.8, 4) is 0 Å². The molecule has 2 unspecified atom stereocenters. The van der Waals surface area contributed by atoms with E-state index >= 15 is 0 Å². The van der Waals surface area contributed by atoms with Crippen molar-refractivity contribution in [2.24, 2.45) is 4.99 Å². The third-order valence-corrected chi connectivity index (χ3v) is 5.24. The van der Waals surface area contributed by atoms with Crippen molar-refractivity contribution in [3.63, 3.8) is 0 Å². The number of aryl methyl sites for hydroxylation is 1. The van der Waals surface area contributed by atoms with E-state index in [1.54, 1.807) is 7.05 Å². The normalized spacial score (nSPS) is 24.2. The van der Waals surface area contributed by atoms with Crippen LogP contribution in [0.3, 0.4) is 0 Å². The Morgan fingerprint density at radius 3 is 2.59 bits per heavy atom. The number of guanidine groups is 1. The molecule has 0 bridgehead atoms. The number of amides is 3. The van der Waals surface area contributed by atoms with Crippen LogP contribution in [0.4, 0.5) is 10.5 Å². The number of methoxy groups -OCH3 is 1. The third kappa shape index (κ3) is 2.61. The summed E-state index contributed by atoms with van der Waals surface area (Å²) in [6, 6.07) is 6.92. The molecule has 2 saturated heterocycles. The number of esters is 1. The number of fused-ring (bicyclic) bond motifs is 3. The molecule has 0 radical (unpaired) electrons. The van der Waals surface area contributed by atoms with E-state index in [4.69, 9.17) is 0 Å².